The standard InChI is InChI=1S/C20H23N3O5/c1-26-16-8-5-15(6-9-16)22-19(24)10-11-20(25)23-21-13-14-4-7-17(27-2)12-18(14)28-3/h4-9,12-13H,10-11H2,1-3H3,(H,22,24)(H,23,25)/b21-13+. The van der Waals surface area contributed by atoms with Crippen LogP contribution in [0, 0.1) is 0 Å². The number of hydrazone groups is 1. The quantitative estimate of drug-likeness (QED) is 0.511. The Balaban J connectivity index is 1.79. The van der Waals surface area contributed by atoms with Crippen LogP contribution in [0.4, 0.5) is 5.69 Å². The van der Waals surface area contributed by atoms with Gasteiger partial charge in [-0.3, -0.25) is 9.59 Å². The molecule has 0 aliphatic rings. The van der Waals surface area contributed by atoms with Crippen molar-refractivity contribution < 1.29 is 23.8 Å². The summed E-state index contributed by atoms with van der Waals surface area (Å²) in [5.41, 5.74) is 3.71. The molecule has 2 amide bonds. The van der Waals surface area contributed by atoms with Crippen LogP contribution >= 0.6 is 0 Å². The SMILES string of the molecule is COc1ccc(NC(=O)CCC(=O)N/N=C/c2ccc(OC)cc2OC)cc1. The van der Waals surface area contributed by atoms with Crippen LogP contribution in [0.2, 0.25) is 0 Å². The predicted molar refractivity (Wildman–Crippen MR) is 106 cm³/mol. The fraction of sp³-hybridized carbons (Fsp3) is 0.250. The molecule has 0 spiro atoms. The average Bonchev–Trinajstić information content (AvgIpc) is 2.73. The van der Waals surface area contributed by atoms with Gasteiger partial charge < -0.3 is 19.5 Å². The summed E-state index contributed by atoms with van der Waals surface area (Å²) >= 11 is 0. The Kier molecular flexibility index (Phi) is 7.83. The molecule has 0 heterocycles. The van der Waals surface area contributed by atoms with E-state index in [4.69, 9.17) is 14.2 Å². The maximum atomic E-state index is 11.9. The highest BCUT2D eigenvalue weighted by atomic mass is 16.5. The predicted octanol–water partition coefficient (Wildman–Crippen LogP) is 2.58. The van der Waals surface area contributed by atoms with E-state index in [-0.39, 0.29) is 24.7 Å². The van der Waals surface area contributed by atoms with E-state index in [9.17, 15) is 9.59 Å². The third-order valence-corrected chi connectivity index (χ3v) is 3.79. The summed E-state index contributed by atoms with van der Waals surface area (Å²) in [4.78, 5) is 23.8. The molecule has 0 bridgehead atoms. The van der Waals surface area contributed by atoms with Crippen LogP contribution in [0.15, 0.2) is 47.6 Å². The first kappa shape index (κ1) is 20.8. The smallest absolute Gasteiger partial charge is 0.240 e. The number of methoxy groups -OCH3 is 3. The van der Waals surface area contributed by atoms with Crippen LogP contribution in [-0.4, -0.2) is 39.4 Å². The Morgan fingerprint density at radius 2 is 1.54 bits per heavy atom. The van der Waals surface area contributed by atoms with Gasteiger partial charge in [-0.1, -0.05) is 0 Å². The number of hydrogen-bond acceptors (Lipinski definition) is 6. The van der Waals surface area contributed by atoms with Gasteiger partial charge in [0, 0.05) is 30.2 Å². The van der Waals surface area contributed by atoms with Crippen LogP contribution < -0.4 is 25.0 Å². The van der Waals surface area contributed by atoms with Crippen molar-refractivity contribution in [3.05, 3.63) is 48.0 Å². The second-order valence-electron chi connectivity index (χ2n) is 5.68. The summed E-state index contributed by atoms with van der Waals surface area (Å²) in [6.45, 7) is 0. The highest BCUT2D eigenvalue weighted by molar-refractivity contribution is 5.93. The van der Waals surface area contributed by atoms with Crippen LogP contribution in [0.25, 0.3) is 0 Å². The fourth-order valence-electron chi connectivity index (χ4n) is 2.28. The fourth-order valence-corrected chi connectivity index (χ4v) is 2.28. The van der Waals surface area contributed by atoms with Gasteiger partial charge in [-0.15, -0.1) is 0 Å². The number of carbonyl (C=O) groups excluding carboxylic acids is 2. The maximum Gasteiger partial charge on any atom is 0.240 e. The molecule has 0 aliphatic carbocycles. The number of hydrogen-bond donors (Lipinski definition) is 2. The molecule has 0 atom stereocenters. The summed E-state index contributed by atoms with van der Waals surface area (Å²) in [6, 6.07) is 12.2. The van der Waals surface area contributed by atoms with Crippen molar-refractivity contribution in [2.75, 3.05) is 26.6 Å². The number of nitrogens with zero attached hydrogens (tertiary/aromatic N) is 1. The average molecular weight is 385 g/mol. The van der Waals surface area contributed by atoms with Crippen molar-refractivity contribution in [1.29, 1.82) is 0 Å². The minimum Gasteiger partial charge on any atom is -0.497 e. The van der Waals surface area contributed by atoms with Crippen molar-refractivity contribution in [3.8, 4) is 17.2 Å². The number of anilines is 1. The first-order chi connectivity index (χ1) is 13.5. The molecule has 2 aromatic carbocycles. The van der Waals surface area contributed by atoms with E-state index in [1.807, 2.05) is 0 Å². The lowest BCUT2D eigenvalue weighted by Gasteiger charge is -2.07. The molecular weight excluding hydrogens is 362 g/mol. The Morgan fingerprint density at radius 3 is 2.18 bits per heavy atom. The lowest BCUT2D eigenvalue weighted by Crippen LogP contribution is -2.20. The third-order valence-electron chi connectivity index (χ3n) is 3.79. The van der Waals surface area contributed by atoms with E-state index >= 15 is 0 Å². The number of rotatable bonds is 9. The van der Waals surface area contributed by atoms with E-state index in [2.05, 4.69) is 15.8 Å². The molecule has 0 radical (unpaired) electrons. The molecule has 2 aromatic rings. The zero-order valence-electron chi connectivity index (χ0n) is 16.0. The van der Waals surface area contributed by atoms with Gasteiger partial charge >= 0.3 is 0 Å². The van der Waals surface area contributed by atoms with Crippen molar-refractivity contribution in [3.63, 3.8) is 0 Å². The van der Waals surface area contributed by atoms with Crippen LogP contribution in [0.1, 0.15) is 18.4 Å². The molecule has 148 valence electrons. The van der Waals surface area contributed by atoms with Gasteiger partial charge in [0.1, 0.15) is 17.2 Å². The molecule has 0 unspecified atom stereocenters. The van der Waals surface area contributed by atoms with Gasteiger partial charge in [0.2, 0.25) is 11.8 Å². The summed E-state index contributed by atoms with van der Waals surface area (Å²) in [6.07, 6.45) is 1.52. The first-order valence-corrected chi connectivity index (χ1v) is 8.53. The number of ether oxygens (including phenoxy) is 3. The van der Waals surface area contributed by atoms with Crippen molar-refractivity contribution >= 4 is 23.7 Å². The van der Waals surface area contributed by atoms with Gasteiger partial charge in [-0.2, -0.15) is 5.10 Å². The Labute approximate surface area is 163 Å². The zero-order chi connectivity index (χ0) is 20.4. The topological polar surface area (TPSA) is 98.2 Å². The van der Waals surface area contributed by atoms with E-state index in [0.717, 1.165) is 0 Å². The summed E-state index contributed by atoms with van der Waals surface area (Å²) in [5.74, 6) is 1.29. The third kappa shape index (κ3) is 6.31. The molecule has 2 N–H and O–H groups in total. The minimum atomic E-state index is -0.367. The van der Waals surface area contributed by atoms with Gasteiger partial charge in [-0.05, 0) is 36.4 Å². The highest BCUT2D eigenvalue weighted by Gasteiger charge is 2.07. The molecule has 28 heavy (non-hydrogen) atoms. The molecule has 0 saturated heterocycles. The van der Waals surface area contributed by atoms with Crippen LogP contribution in [0.5, 0.6) is 17.2 Å². The molecule has 0 fully saturated rings. The van der Waals surface area contributed by atoms with Crippen molar-refractivity contribution in [2.24, 2.45) is 5.10 Å². The second-order valence-corrected chi connectivity index (χ2v) is 5.68. The second kappa shape index (κ2) is 10.6. The van der Waals surface area contributed by atoms with Crippen molar-refractivity contribution in [2.45, 2.75) is 12.8 Å². The summed E-state index contributed by atoms with van der Waals surface area (Å²) < 4.78 is 15.4. The first-order valence-electron chi connectivity index (χ1n) is 8.53. The van der Waals surface area contributed by atoms with Gasteiger partial charge in [0.25, 0.3) is 0 Å². The van der Waals surface area contributed by atoms with Crippen molar-refractivity contribution in [1.82, 2.24) is 5.43 Å². The molecule has 8 nitrogen and oxygen atoms in total. The lowest BCUT2D eigenvalue weighted by molar-refractivity contribution is -0.124. The minimum absolute atomic E-state index is 0.0130. The Morgan fingerprint density at radius 1 is 0.893 bits per heavy atom. The van der Waals surface area contributed by atoms with E-state index in [0.29, 0.717) is 28.5 Å². The maximum absolute atomic E-state index is 11.9. The molecule has 8 heteroatoms. The van der Waals surface area contributed by atoms with E-state index < -0.39 is 0 Å². The molecule has 0 aliphatic heterocycles. The van der Waals surface area contributed by atoms with E-state index in [1.165, 1.54) is 13.3 Å². The normalized spacial score (nSPS) is 10.4. The lowest BCUT2D eigenvalue weighted by atomic mass is 10.2. The molecular formula is C20H23N3O5. The number of amides is 2. The largest absolute Gasteiger partial charge is 0.497 e. The number of nitrogens with one attached hydrogen (secondary N) is 2. The highest BCUT2D eigenvalue weighted by Crippen LogP contribution is 2.23. The Bertz CT molecular complexity index is 834. The monoisotopic (exact) mass is 385 g/mol. The van der Waals surface area contributed by atoms with E-state index in [1.54, 1.807) is 56.7 Å². The van der Waals surface area contributed by atoms with Gasteiger partial charge in [0.05, 0.1) is 27.5 Å². The molecule has 0 saturated carbocycles. The van der Waals surface area contributed by atoms with Gasteiger partial charge in [0.15, 0.2) is 0 Å². The zero-order valence-corrected chi connectivity index (χ0v) is 16.0. The number of carbonyl (C=O) groups is 2. The summed E-state index contributed by atoms with van der Waals surface area (Å²) in [5, 5.41) is 6.61. The van der Waals surface area contributed by atoms with Crippen LogP contribution in [-0.2, 0) is 9.59 Å². The number of benzene rings is 2. The van der Waals surface area contributed by atoms with Gasteiger partial charge in [-0.25, -0.2) is 5.43 Å². The Hall–Kier alpha value is -3.55. The van der Waals surface area contributed by atoms with Crippen LogP contribution in [0.3, 0.4) is 0 Å². The molecule has 0 aromatic heterocycles. The summed E-state index contributed by atoms with van der Waals surface area (Å²) in [7, 11) is 4.67. The molecule has 2 rings (SSSR count).